The van der Waals surface area contributed by atoms with Gasteiger partial charge in [-0.1, -0.05) is 12.1 Å². The van der Waals surface area contributed by atoms with Crippen LogP contribution in [0.4, 0.5) is 9.18 Å². The highest BCUT2D eigenvalue weighted by Crippen LogP contribution is 2.07. The maximum Gasteiger partial charge on any atom is 0.420 e. The van der Waals surface area contributed by atoms with Crippen molar-refractivity contribution >= 4 is 16.1 Å². The fourth-order valence-corrected chi connectivity index (χ4v) is 2.17. The smallest absolute Gasteiger partial charge is 0.420 e. The zero-order valence-electron chi connectivity index (χ0n) is 9.14. The molecule has 0 radical (unpaired) electrons. The summed E-state index contributed by atoms with van der Waals surface area (Å²) in [6, 6.07) is 5.14. The number of hydrogen-bond donors (Lipinski definition) is 1. The molecular formula is C10H12FNO4S. The Morgan fingerprint density at radius 1 is 1.47 bits per heavy atom. The van der Waals surface area contributed by atoms with E-state index >= 15 is 0 Å². The Balaban J connectivity index is 2.70. The molecule has 0 saturated carbocycles. The number of carbonyl (C=O) groups is 1. The number of ether oxygens (including phenoxy) is 1. The van der Waals surface area contributed by atoms with Crippen LogP contribution in [0.1, 0.15) is 12.5 Å². The largest absolute Gasteiger partial charge is 0.449 e. The zero-order valence-corrected chi connectivity index (χ0v) is 9.96. The topological polar surface area (TPSA) is 72.5 Å². The van der Waals surface area contributed by atoms with E-state index in [9.17, 15) is 17.6 Å². The Labute approximate surface area is 98.6 Å². The summed E-state index contributed by atoms with van der Waals surface area (Å²) in [6.45, 7) is 1.63. The Hall–Kier alpha value is -1.63. The van der Waals surface area contributed by atoms with Crippen LogP contribution in [0.5, 0.6) is 0 Å². The molecule has 0 aromatic heterocycles. The lowest BCUT2D eigenvalue weighted by Gasteiger charge is -2.06. The molecule has 1 aromatic carbocycles. The van der Waals surface area contributed by atoms with Crippen LogP contribution in [0.3, 0.4) is 0 Å². The summed E-state index contributed by atoms with van der Waals surface area (Å²) in [7, 11) is -3.86. The van der Waals surface area contributed by atoms with Gasteiger partial charge in [-0.2, -0.15) is 0 Å². The van der Waals surface area contributed by atoms with Gasteiger partial charge in [0.25, 0.3) is 0 Å². The van der Waals surface area contributed by atoms with E-state index in [0.717, 1.165) is 6.07 Å². The van der Waals surface area contributed by atoms with Crippen LogP contribution in [0.25, 0.3) is 0 Å². The molecule has 1 N–H and O–H groups in total. The monoisotopic (exact) mass is 261 g/mol. The molecule has 0 heterocycles. The Kier molecular flexibility index (Phi) is 4.45. The van der Waals surface area contributed by atoms with Crippen molar-refractivity contribution in [3.05, 3.63) is 35.6 Å². The standard InChI is InChI=1S/C10H12FNO4S/c1-2-16-10(13)12-17(14,15)7-8-4-3-5-9(11)6-8/h3-6H,2,7H2,1H3,(H,12,13). The minimum atomic E-state index is -3.86. The van der Waals surface area contributed by atoms with Gasteiger partial charge in [-0.05, 0) is 24.6 Å². The van der Waals surface area contributed by atoms with Crippen molar-refractivity contribution in [3.8, 4) is 0 Å². The minimum absolute atomic E-state index is 0.0708. The Bertz CT molecular complexity index is 501. The van der Waals surface area contributed by atoms with Gasteiger partial charge in [0, 0.05) is 0 Å². The SMILES string of the molecule is CCOC(=O)NS(=O)(=O)Cc1cccc(F)c1. The van der Waals surface area contributed by atoms with Gasteiger partial charge >= 0.3 is 6.09 Å². The van der Waals surface area contributed by atoms with E-state index in [0.29, 0.717) is 0 Å². The first-order valence-corrected chi connectivity index (χ1v) is 6.50. The summed E-state index contributed by atoms with van der Waals surface area (Å²) in [5, 5.41) is 0. The molecule has 94 valence electrons. The quantitative estimate of drug-likeness (QED) is 0.889. The average Bonchev–Trinajstić information content (AvgIpc) is 2.15. The molecule has 17 heavy (non-hydrogen) atoms. The van der Waals surface area contributed by atoms with Crippen molar-refractivity contribution in [1.82, 2.24) is 4.72 Å². The molecule has 1 amide bonds. The molecule has 0 fully saturated rings. The van der Waals surface area contributed by atoms with Gasteiger partial charge in [-0.15, -0.1) is 0 Å². The summed E-state index contributed by atoms with van der Waals surface area (Å²) in [6.07, 6.45) is -1.04. The summed E-state index contributed by atoms with van der Waals surface area (Å²) < 4.78 is 41.9. The third kappa shape index (κ3) is 4.81. The van der Waals surface area contributed by atoms with Crippen molar-refractivity contribution < 1.29 is 22.3 Å². The van der Waals surface area contributed by atoms with Crippen LogP contribution in [-0.4, -0.2) is 21.1 Å². The molecule has 0 aliphatic heterocycles. The van der Waals surface area contributed by atoms with E-state index < -0.39 is 27.7 Å². The predicted molar refractivity (Wildman–Crippen MR) is 59.2 cm³/mol. The lowest BCUT2D eigenvalue weighted by Crippen LogP contribution is -2.32. The predicted octanol–water partition coefficient (Wildman–Crippen LogP) is 1.40. The van der Waals surface area contributed by atoms with Crippen molar-refractivity contribution in [2.24, 2.45) is 0 Å². The normalized spacial score (nSPS) is 10.9. The van der Waals surface area contributed by atoms with Crippen LogP contribution < -0.4 is 4.72 Å². The number of benzene rings is 1. The van der Waals surface area contributed by atoms with Gasteiger partial charge in [0.05, 0.1) is 12.4 Å². The highest BCUT2D eigenvalue weighted by Gasteiger charge is 2.16. The maximum absolute atomic E-state index is 12.8. The number of carbonyl (C=O) groups excluding carboxylic acids is 1. The number of hydrogen-bond acceptors (Lipinski definition) is 4. The van der Waals surface area contributed by atoms with Crippen molar-refractivity contribution in [2.45, 2.75) is 12.7 Å². The van der Waals surface area contributed by atoms with E-state index in [4.69, 9.17) is 0 Å². The van der Waals surface area contributed by atoms with Crippen molar-refractivity contribution in [3.63, 3.8) is 0 Å². The van der Waals surface area contributed by atoms with Crippen LogP contribution >= 0.6 is 0 Å². The third-order valence-electron chi connectivity index (χ3n) is 1.76. The molecule has 0 atom stereocenters. The van der Waals surface area contributed by atoms with E-state index in [-0.39, 0.29) is 12.2 Å². The van der Waals surface area contributed by atoms with E-state index in [1.54, 1.807) is 11.6 Å². The minimum Gasteiger partial charge on any atom is -0.449 e. The zero-order chi connectivity index (χ0) is 12.9. The molecule has 0 aliphatic rings. The number of sulfonamides is 1. The summed E-state index contributed by atoms with van der Waals surface area (Å²) in [5.41, 5.74) is 0.252. The summed E-state index contributed by atoms with van der Waals surface area (Å²) in [4.78, 5) is 10.9. The van der Waals surface area contributed by atoms with E-state index in [1.807, 2.05) is 0 Å². The average molecular weight is 261 g/mol. The second-order valence-electron chi connectivity index (χ2n) is 3.21. The first-order valence-electron chi connectivity index (χ1n) is 4.84. The van der Waals surface area contributed by atoms with E-state index in [1.165, 1.54) is 18.2 Å². The highest BCUT2D eigenvalue weighted by molar-refractivity contribution is 7.89. The second-order valence-corrected chi connectivity index (χ2v) is 4.93. The van der Waals surface area contributed by atoms with Gasteiger partial charge < -0.3 is 4.74 Å². The second kappa shape index (κ2) is 5.62. The highest BCUT2D eigenvalue weighted by atomic mass is 32.2. The number of rotatable bonds is 4. The van der Waals surface area contributed by atoms with Crippen molar-refractivity contribution in [1.29, 1.82) is 0 Å². The van der Waals surface area contributed by atoms with Gasteiger partial charge in [-0.25, -0.2) is 22.3 Å². The lowest BCUT2D eigenvalue weighted by atomic mass is 10.2. The molecule has 5 nitrogen and oxygen atoms in total. The number of amides is 1. The molecule has 1 aromatic rings. The van der Waals surface area contributed by atoms with E-state index in [2.05, 4.69) is 4.74 Å². The first kappa shape index (κ1) is 13.4. The van der Waals surface area contributed by atoms with Crippen LogP contribution in [-0.2, 0) is 20.5 Å². The molecule has 0 saturated heterocycles. The molecule has 1 rings (SSSR count). The van der Waals surface area contributed by atoms with Crippen LogP contribution in [0.15, 0.2) is 24.3 Å². The molecule has 0 aliphatic carbocycles. The van der Waals surface area contributed by atoms with Gasteiger partial charge in [-0.3, -0.25) is 0 Å². The molecule has 0 unspecified atom stereocenters. The van der Waals surface area contributed by atoms with Crippen molar-refractivity contribution in [2.75, 3.05) is 6.61 Å². The number of nitrogens with one attached hydrogen (secondary N) is 1. The maximum atomic E-state index is 12.8. The van der Waals surface area contributed by atoms with Gasteiger partial charge in [0.15, 0.2) is 0 Å². The number of halogens is 1. The molecule has 0 bridgehead atoms. The summed E-state index contributed by atoms with van der Waals surface area (Å²) >= 11 is 0. The lowest BCUT2D eigenvalue weighted by molar-refractivity contribution is 0.158. The fraction of sp³-hybridized carbons (Fsp3) is 0.300. The fourth-order valence-electron chi connectivity index (χ4n) is 1.17. The van der Waals surface area contributed by atoms with Crippen LogP contribution in [0, 0.1) is 5.82 Å². The van der Waals surface area contributed by atoms with Crippen LogP contribution in [0.2, 0.25) is 0 Å². The molecular weight excluding hydrogens is 249 g/mol. The summed E-state index contributed by atoms with van der Waals surface area (Å²) in [5.74, 6) is -1.02. The molecule has 7 heteroatoms. The first-order chi connectivity index (χ1) is 7.93. The third-order valence-corrected chi connectivity index (χ3v) is 2.95. The van der Waals surface area contributed by atoms with Gasteiger partial charge in [0.1, 0.15) is 5.82 Å². The Morgan fingerprint density at radius 2 is 2.18 bits per heavy atom. The van der Waals surface area contributed by atoms with Gasteiger partial charge in [0.2, 0.25) is 10.0 Å². The molecule has 0 spiro atoms. The Morgan fingerprint density at radius 3 is 2.76 bits per heavy atom.